The summed E-state index contributed by atoms with van der Waals surface area (Å²) in [4.78, 5) is 24.3. The maximum atomic E-state index is 15.3. The fourth-order valence-corrected chi connectivity index (χ4v) is 4.43. The second kappa shape index (κ2) is 12.6. The van der Waals surface area contributed by atoms with Gasteiger partial charge in [-0.05, 0) is 37.9 Å². The lowest BCUT2D eigenvalue weighted by Gasteiger charge is -2.37. The van der Waals surface area contributed by atoms with Crippen LogP contribution in [0.15, 0.2) is 82.7 Å². The normalized spacial score (nSPS) is 16.2. The van der Waals surface area contributed by atoms with Crippen molar-refractivity contribution in [2.75, 3.05) is 37.5 Å². The van der Waals surface area contributed by atoms with E-state index in [1.807, 2.05) is 77.4 Å². The summed E-state index contributed by atoms with van der Waals surface area (Å²) < 4.78 is 44.4. The zero-order valence-corrected chi connectivity index (χ0v) is 21.8. The number of para-hydroxylation sites is 2. The molecule has 0 radical (unpaired) electrons. The number of piperidine rings is 1. The van der Waals surface area contributed by atoms with Crippen LogP contribution >= 0.6 is 0 Å². The van der Waals surface area contributed by atoms with E-state index in [9.17, 15) is 13.2 Å². The highest BCUT2D eigenvalue weighted by atomic mass is 32.2. The number of amidine groups is 1. The van der Waals surface area contributed by atoms with Gasteiger partial charge >= 0.3 is 0 Å². The summed E-state index contributed by atoms with van der Waals surface area (Å²) in [5.74, 6) is 0.424. The SMILES string of the molecule is C=N/C=C(\N=C(C)N1CCC(F)(COCC(=O)NS(C)(=O)=O)CC1)N(c1ccccc1)c1ccccc1. The number of carbonyl (C=O) groups is 1. The molecule has 37 heavy (non-hydrogen) atoms. The Bertz CT molecular complexity index is 1190. The van der Waals surface area contributed by atoms with Crippen molar-refractivity contribution in [2.24, 2.45) is 9.98 Å². The molecule has 0 aliphatic carbocycles. The van der Waals surface area contributed by atoms with Crippen LogP contribution in [0.5, 0.6) is 0 Å². The van der Waals surface area contributed by atoms with E-state index >= 15 is 4.39 Å². The average Bonchev–Trinajstić information content (AvgIpc) is 2.85. The van der Waals surface area contributed by atoms with Crippen molar-refractivity contribution in [2.45, 2.75) is 25.4 Å². The quantitative estimate of drug-likeness (QED) is 0.372. The molecule has 9 nitrogen and oxygen atoms in total. The maximum Gasteiger partial charge on any atom is 0.259 e. The van der Waals surface area contributed by atoms with Gasteiger partial charge in [0.2, 0.25) is 10.0 Å². The molecule has 0 aromatic heterocycles. The Hall–Kier alpha value is -3.57. The molecule has 1 heterocycles. The van der Waals surface area contributed by atoms with Gasteiger partial charge in [-0.3, -0.25) is 19.4 Å². The molecule has 2 aromatic carbocycles. The van der Waals surface area contributed by atoms with Crippen LogP contribution in [0.4, 0.5) is 15.8 Å². The van der Waals surface area contributed by atoms with Crippen molar-refractivity contribution < 1.29 is 22.3 Å². The van der Waals surface area contributed by atoms with Crippen LogP contribution in [0.2, 0.25) is 0 Å². The number of alkyl halides is 1. The zero-order valence-electron chi connectivity index (χ0n) is 21.0. The summed E-state index contributed by atoms with van der Waals surface area (Å²) in [6.07, 6.45) is 2.80. The topological polar surface area (TPSA) is 104 Å². The van der Waals surface area contributed by atoms with Crippen LogP contribution in [-0.4, -0.2) is 70.0 Å². The Morgan fingerprint density at radius 1 is 1.14 bits per heavy atom. The summed E-state index contributed by atoms with van der Waals surface area (Å²) in [6.45, 7) is 5.45. The number of aliphatic imine (C=N–C) groups is 2. The number of halogens is 1. The van der Waals surface area contributed by atoms with Crippen LogP contribution < -0.4 is 9.62 Å². The lowest BCUT2D eigenvalue weighted by molar-refractivity contribution is -0.126. The number of benzene rings is 2. The molecule has 1 aliphatic rings. The van der Waals surface area contributed by atoms with Crippen LogP contribution in [0.25, 0.3) is 0 Å². The zero-order chi connectivity index (χ0) is 26.9. The Balaban J connectivity index is 1.69. The van der Waals surface area contributed by atoms with Crippen LogP contribution in [0.3, 0.4) is 0 Å². The Morgan fingerprint density at radius 3 is 2.16 bits per heavy atom. The van der Waals surface area contributed by atoms with Crippen LogP contribution in [-0.2, 0) is 19.6 Å². The third-order valence-corrected chi connectivity index (χ3v) is 6.35. The molecular weight excluding hydrogens is 497 g/mol. The largest absolute Gasteiger partial charge is 0.368 e. The van der Waals surface area contributed by atoms with Crippen molar-refractivity contribution >= 4 is 39.9 Å². The number of hydrogen-bond donors (Lipinski definition) is 1. The smallest absolute Gasteiger partial charge is 0.259 e. The molecule has 1 N–H and O–H groups in total. The number of amides is 1. The third-order valence-electron chi connectivity index (χ3n) is 5.75. The number of likely N-dealkylation sites (tertiary alicyclic amines) is 1. The molecule has 0 unspecified atom stereocenters. The summed E-state index contributed by atoms with van der Waals surface area (Å²) in [6, 6.07) is 19.6. The molecule has 1 fully saturated rings. The molecule has 2 aromatic rings. The predicted molar refractivity (Wildman–Crippen MR) is 144 cm³/mol. The van der Waals surface area contributed by atoms with Gasteiger partial charge in [-0.15, -0.1) is 0 Å². The minimum absolute atomic E-state index is 0.174. The monoisotopic (exact) mass is 529 g/mol. The van der Waals surface area contributed by atoms with E-state index in [4.69, 9.17) is 9.73 Å². The van der Waals surface area contributed by atoms with E-state index in [0.29, 0.717) is 24.7 Å². The molecule has 1 amide bonds. The number of carbonyl (C=O) groups excluding carboxylic acids is 1. The number of hydrogen-bond acceptors (Lipinski definition) is 7. The van der Waals surface area contributed by atoms with Crippen LogP contribution in [0, 0.1) is 0 Å². The number of ether oxygens (including phenoxy) is 1. The second-order valence-corrected chi connectivity index (χ2v) is 10.5. The molecule has 0 saturated carbocycles. The highest BCUT2D eigenvalue weighted by molar-refractivity contribution is 7.89. The Labute approximate surface area is 217 Å². The van der Waals surface area contributed by atoms with Crippen molar-refractivity contribution in [3.63, 3.8) is 0 Å². The highest BCUT2D eigenvalue weighted by Crippen LogP contribution is 2.31. The van der Waals surface area contributed by atoms with Gasteiger partial charge in [0.1, 0.15) is 18.1 Å². The molecule has 198 valence electrons. The molecule has 1 aliphatic heterocycles. The molecule has 3 rings (SSSR count). The van der Waals surface area contributed by atoms with Crippen LogP contribution in [0.1, 0.15) is 19.8 Å². The summed E-state index contributed by atoms with van der Waals surface area (Å²) >= 11 is 0. The fourth-order valence-electron chi connectivity index (χ4n) is 3.96. The average molecular weight is 530 g/mol. The molecular formula is C26H32FN5O4S. The molecule has 0 atom stereocenters. The van der Waals surface area contributed by atoms with E-state index in [1.54, 1.807) is 10.9 Å². The minimum atomic E-state index is -3.68. The van der Waals surface area contributed by atoms with Gasteiger partial charge in [0.25, 0.3) is 5.91 Å². The maximum absolute atomic E-state index is 15.3. The van der Waals surface area contributed by atoms with Gasteiger partial charge < -0.3 is 9.64 Å². The predicted octanol–water partition coefficient (Wildman–Crippen LogP) is 3.64. The first-order chi connectivity index (χ1) is 17.6. The third kappa shape index (κ3) is 8.50. The number of anilines is 2. The first-order valence-corrected chi connectivity index (χ1v) is 13.6. The van der Waals surface area contributed by atoms with Crippen molar-refractivity contribution in [3.8, 4) is 0 Å². The van der Waals surface area contributed by atoms with Gasteiger partial charge in [-0.25, -0.2) is 17.8 Å². The Kier molecular flexibility index (Phi) is 9.54. The molecule has 11 heteroatoms. The lowest BCUT2D eigenvalue weighted by atomic mass is 9.94. The first kappa shape index (κ1) is 28.0. The Morgan fingerprint density at radius 2 is 1.68 bits per heavy atom. The highest BCUT2D eigenvalue weighted by Gasteiger charge is 2.35. The van der Waals surface area contributed by atoms with E-state index in [0.717, 1.165) is 17.6 Å². The number of nitrogens with zero attached hydrogens (tertiary/aromatic N) is 4. The van der Waals surface area contributed by atoms with E-state index in [-0.39, 0.29) is 19.4 Å². The van der Waals surface area contributed by atoms with Gasteiger partial charge in [-0.2, -0.15) is 0 Å². The number of sulfonamides is 1. The van der Waals surface area contributed by atoms with E-state index in [2.05, 4.69) is 11.7 Å². The minimum Gasteiger partial charge on any atom is -0.368 e. The van der Waals surface area contributed by atoms with Gasteiger partial charge in [0, 0.05) is 37.3 Å². The van der Waals surface area contributed by atoms with E-state index < -0.39 is 28.2 Å². The van der Waals surface area contributed by atoms with Gasteiger partial charge in [0.05, 0.1) is 19.1 Å². The van der Waals surface area contributed by atoms with Gasteiger partial charge in [-0.1, -0.05) is 36.4 Å². The number of rotatable bonds is 10. The molecule has 0 spiro atoms. The van der Waals surface area contributed by atoms with Crippen molar-refractivity contribution in [1.82, 2.24) is 9.62 Å². The van der Waals surface area contributed by atoms with Gasteiger partial charge in [0.15, 0.2) is 5.82 Å². The fraction of sp³-hybridized carbons (Fsp3) is 0.346. The summed E-state index contributed by atoms with van der Waals surface area (Å²) in [7, 11) is -3.68. The standard InChI is InChI=1S/C26H32FN5O4S/c1-21(31-16-14-26(27,15-17-31)20-36-19-25(33)30-37(3,34)35)29-24(18-28-2)32(22-10-6-4-7-11-22)23-12-8-5-9-13-23/h4-13,18H,2,14-17,19-20H2,1,3H3,(H,30,33)/b24-18+,29-21?. The van der Waals surface area contributed by atoms with E-state index in [1.165, 1.54) is 0 Å². The summed E-state index contributed by atoms with van der Waals surface area (Å²) in [5.41, 5.74) is 0.182. The van der Waals surface area contributed by atoms with Crippen molar-refractivity contribution in [1.29, 1.82) is 0 Å². The molecule has 0 bridgehead atoms. The second-order valence-electron chi connectivity index (χ2n) is 8.76. The summed E-state index contributed by atoms with van der Waals surface area (Å²) in [5, 5.41) is 0. The lowest BCUT2D eigenvalue weighted by Crippen LogP contribution is -2.46. The van der Waals surface area contributed by atoms with Crippen molar-refractivity contribution in [3.05, 3.63) is 72.7 Å². The number of nitrogens with one attached hydrogen (secondary N) is 1. The molecule has 1 saturated heterocycles. The first-order valence-electron chi connectivity index (χ1n) is 11.7.